The summed E-state index contributed by atoms with van der Waals surface area (Å²) in [7, 11) is 0. The summed E-state index contributed by atoms with van der Waals surface area (Å²) in [6.45, 7) is 0.650. The lowest BCUT2D eigenvalue weighted by Gasteiger charge is -2.05. The zero-order valence-electron chi connectivity index (χ0n) is 13.5. The fourth-order valence-electron chi connectivity index (χ4n) is 2.28. The minimum atomic E-state index is -0.461. The van der Waals surface area contributed by atoms with Crippen molar-refractivity contribution < 1.29 is 9.53 Å². The lowest BCUT2D eigenvalue weighted by atomic mass is 10.2. The Morgan fingerprint density at radius 1 is 1.08 bits per heavy atom. The highest BCUT2D eigenvalue weighted by Gasteiger charge is 2.01. The molecular formula is C19H17N3O3. The van der Waals surface area contributed by atoms with E-state index in [-0.39, 0.29) is 12.3 Å². The average Bonchev–Trinajstić information content (AvgIpc) is 3.00. The van der Waals surface area contributed by atoms with Crippen molar-refractivity contribution in [1.29, 1.82) is 0 Å². The van der Waals surface area contributed by atoms with Crippen LogP contribution >= 0.6 is 0 Å². The Bertz CT molecular complexity index is 978. The second-order valence-corrected chi connectivity index (χ2v) is 5.38. The van der Waals surface area contributed by atoms with E-state index in [2.05, 4.69) is 27.1 Å². The molecule has 6 heteroatoms. The Labute approximate surface area is 144 Å². The smallest absolute Gasteiger partial charge is 0.407 e. The van der Waals surface area contributed by atoms with E-state index in [1.165, 1.54) is 0 Å². The number of H-pyrrole nitrogens is 2. The van der Waals surface area contributed by atoms with E-state index in [9.17, 15) is 9.59 Å². The molecule has 0 fully saturated rings. The first-order chi connectivity index (χ1) is 12.2. The monoisotopic (exact) mass is 335 g/mol. The summed E-state index contributed by atoms with van der Waals surface area (Å²) in [6.07, 6.45) is 0.0410. The molecule has 1 aromatic heterocycles. The molecule has 0 aliphatic heterocycles. The zero-order valence-corrected chi connectivity index (χ0v) is 13.5. The molecule has 0 saturated carbocycles. The number of carbonyl (C=O) groups is 1. The number of nitrogens with one attached hydrogen (secondary N) is 3. The Morgan fingerprint density at radius 2 is 1.88 bits per heavy atom. The Hall–Kier alpha value is -3.46. The number of aromatic nitrogens is 2. The second kappa shape index (κ2) is 7.88. The highest BCUT2D eigenvalue weighted by Crippen LogP contribution is 2.08. The quantitative estimate of drug-likeness (QED) is 0.506. The lowest BCUT2D eigenvalue weighted by Crippen LogP contribution is -2.24. The van der Waals surface area contributed by atoms with Crippen LogP contribution in [-0.2, 0) is 11.3 Å². The van der Waals surface area contributed by atoms with Crippen LogP contribution in [0.15, 0.2) is 53.3 Å². The van der Waals surface area contributed by atoms with Crippen LogP contribution in [0.25, 0.3) is 11.0 Å². The van der Waals surface area contributed by atoms with Crippen LogP contribution < -0.4 is 11.0 Å². The van der Waals surface area contributed by atoms with Crippen LogP contribution in [0.1, 0.15) is 17.5 Å². The molecule has 0 bridgehead atoms. The second-order valence-electron chi connectivity index (χ2n) is 5.38. The van der Waals surface area contributed by atoms with Crippen molar-refractivity contribution in [3.8, 4) is 11.8 Å². The van der Waals surface area contributed by atoms with Crippen molar-refractivity contribution in [2.24, 2.45) is 0 Å². The molecule has 126 valence electrons. The fraction of sp³-hybridized carbons (Fsp3) is 0.158. The van der Waals surface area contributed by atoms with Gasteiger partial charge in [-0.25, -0.2) is 9.59 Å². The van der Waals surface area contributed by atoms with E-state index in [1.54, 1.807) is 6.07 Å². The molecule has 3 N–H and O–H groups in total. The number of hydrogen-bond acceptors (Lipinski definition) is 3. The first kappa shape index (κ1) is 16.4. The molecule has 3 aromatic rings. The molecule has 0 aliphatic carbocycles. The Morgan fingerprint density at radius 3 is 2.72 bits per heavy atom. The van der Waals surface area contributed by atoms with Crippen molar-refractivity contribution in [3.63, 3.8) is 0 Å². The van der Waals surface area contributed by atoms with E-state index in [4.69, 9.17) is 4.74 Å². The van der Waals surface area contributed by atoms with E-state index in [1.807, 2.05) is 42.5 Å². The number of alkyl carbamates (subject to hydrolysis) is 1. The molecule has 0 atom stereocenters. The summed E-state index contributed by atoms with van der Waals surface area (Å²) >= 11 is 0. The predicted molar refractivity (Wildman–Crippen MR) is 95.0 cm³/mol. The SMILES string of the molecule is O=C(NCCC#Cc1ccc2[nH]c(=O)[nH]c2c1)OCc1ccccc1. The minimum Gasteiger partial charge on any atom is -0.445 e. The van der Waals surface area contributed by atoms with Crippen LogP contribution in [0.2, 0.25) is 0 Å². The van der Waals surface area contributed by atoms with Crippen LogP contribution in [0.3, 0.4) is 0 Å². The zero-order chi connectivity index (χ0) is 17.5. The van der Waals surface area contributed by atoms with Crippen molar-refractivity contribution in [2.45, 2.75) is 13.0 Å². The number of aromatic amines is 2. The van der Waals surface area contributed by atoms with Crippen molar-refractivity contribution in [2.75, 3.05) is 6.54 Å². The van der Waals surface area contributed by atoms with Crippen molar-refractivity contribution in [3.05, 3.63) is 70.1 Å². The molecule has 0 spiro atoms. The minimum absolute atomic E-state index is 0.238. The molecular weight excluding hydrogens is 318 g/mol. The lowest BCUT2D eigenvalue weighted by molar-refractivity contribution is 0.140. The van der Waals surface area contributed by atoms with Gasteiger partial charge in [0.05, 0.1) is 11.0 Å². The number of benzene rings is 2. The maximum absolute atomic E-state index is 11.6. The van der Waals surface area contributed by atoms with Gasteiger partial charge >= 0.3 is 11.8 Å². The van der Waals surface area contributed by atoms with Gasteiger partial charge in [0.1, 0.15) is 6.61 Å². The van der Waals surface area contributed by atoms with Crippen LogP contribution in [0.5, 0.6) is 0 Å². The van der Waals surface area contributed by atoms with Gasteiger partial charge in [0.25, 0.3) is 0 Å². The highest BCUT2D eigenvalue weighted by atomic mass is 16.5. The van der Waals surface area contributed by atoms with Crippen LogP contribution in [-0.4, -0.2) is 22.6 Å². The topological polar surface area (TPSA) is 87.0 Å². The van der Waals surface area contributed by atoms with Gasteiger partial charge < -0.3 is 20.0 Å². The van der Waals surface area contributed by atoms with E-state index >= 15 is 0 Å². The molecule has 6 nitrogen and oxygen atoms in total. The number of hydrogen-bond donors (Lipinski definition) is 3. The van der Waals surface area contributed by atoms with Crippen LogP contribution in [0.4, 0.5) is 4.79 Å². The Kier molecular flexibility index (Phi) is 5.17. The third kappa shape index (κ3) is 4.75. The molecule has 1 amide bonds. The Balaban J connectivity index is 1.42. The molecule has 0 aliphatic rings. The summed E-state index contributed by atoms with van der Waals surface area (Å²) < 4.78 is 5.11. The summed E-state index contributed by atoms with van der Waals surface area (Å²) in [4.78, 5) is 28.2. The van der Waals surface area contributed by atoms with Gasteiger partial charge in [-0.3, -0.25) is 0 Å². The molecule has 0 radical (unpaired) electrons. The number of carbonyl (C=O) groups excluding carboxylic acids is 1. The highest BCUT2D eigenvalue weighted by molar-refractivity contribution is 5.76. The molecule has 2 aromatic carbocycles. The van der Waals surface area contributed by atoms with Crippen LogP contribution in [0, 0.1) is 11.8 Å². The normalized spacial score (nSPS) is 10.1. The first-order valence-electron chi connectivity index (χ1n) is 7.86. The molecule has 1 heterocycles. The third-order valence-electron chi connectivity index (χ3n) is 3.48. The third-order valence-corrected chi connectivity index (χ3v) is 3.48. The molecule has 0 unspecified atom stereocenters. The standard InChI is InChI=1S/C19H17N3O3/c23-18-21-16-10-9-14(12-17(16)22-18)6-4-5-11-20-19(24)25-13-15-7-2-1-3-8-15/h1-3,7-10,12H,5,11,13H2,(H,20,24)(H2,21,22,23). The summed E-state index contributed by atoms with van der Waals surface area (Å²) in [6, 6.07) is 14.9. The van der Waals surface area contributed by atoms with Gasteiger partial charge in [-0.05, 0) is 23.8 Å². The molecule has 3 rings (SSSR count). The van der Waals surface area contributed by atoms with Gasteiger partial charge in [-0.1, -0.05) is 42.2 Å². The molecule has 25 heavy (non-hydrogen) atoms. The molecule has 0 saturated heterocycles. The van der Waals surface area contributed by atoms with E-state index in [0.717, 1.165) is 22.2 Å². The summed E-state index contributed by atoms with van der Waals surface area (Å²) in [5, 5.41) is 2.66. The fourth-order valence-corrected chi connectivity index (χ4v) is 2.28. The number of imidazole rings is 1. The number of ether oxygens (including phenoxy) is 1. The van der Waals surface area contributed by atoms with Crippen molar-refractivity contribution in [1.82, 2.24) is 15.3 Å². The van der Waals surface area contributed by atoms with E-state index in [0.29, 0.717) is 13.0 Å². The van der Waals surface area contributed by atoms with Gasteiger partial charge in [0.2, 0.25) is 0 Å². The predicted octanol–water partition coefficient (Wildman–Crippen LogP) is 2.52. The largest absolute Gasteiger partial charge is 0.445 e. The summed E-state index contributed by atoms with van der Waals surface area (Å²) in [5.41, 5.74) is 2.97. The van der Waals surface area contributed by atoms with Gasteiger partial charge in [0, 0.05) is 18.5 Å². The number of amides is 1. The van der Waals surface area contributed by atoms with E-state index < -0.39 is 6.09 Å². The van der Waals surface area contributed by atoms with Gasteiger partial charge in [-0.15, -0.1) is 0 Å². The number of rotatable bonds is 4. The average molecular weight is 335 g/mol. The first-order valence-corrected chi connectivity index (χ1v) is 7.86. The van der Waals surface area contributed by atoms with Crippen molar-refractivity contribution >= 4 is 17.1 Å². The maximum atomic E-state index is 11.6. The van der Waals surface area contributed by atoms with Gasteiger partial charge in [0.15, 0.2) is 0 Å². The summed E-state index contributed by atoms with van der Waals surface area (Å²) in [5.74, 6) is 5.98. The van der Waals surface area contributed by atoms with Gasteiger partial charge in [-0.2, -0.15) is 0 Å². The number of fused-ring (bicyclic) bond motifs is 1. The maximum Gasteiger partial charge on any atom is 0.407 e.